The Balaban J connectivity index is 2.03. The summed E-state index contributed by atoms with van der Waals surface area (Å²) in [6.07, 6.45) is 0.408. The highest BCUT2D eigenvalue weighted by Crippen LogP contribution is 2.35. The number of carbonyl (C=O) groups is 2. The van der Waals surface area contributed by atoms with E-state index in [1.54, 1.807) is 11.0 Å². The van der Waals surface area contributed by atoms with Crippen molar-refractivity contribution in [1.29, 1.82) is 0 Å². The number of thioether (sulfide) groups is 1. The van der Waals surface area contributed by atoms with Crippen molar-refractivity contribution < 1.29 is 19.4 Å². The van der Waals surface area contributed by atoms with E-state index in [2.05, 4.69) is 0 Å². The van der Waals surface area contributed by atoms with Gasteiger partial charge >= 0.3 is 5.97 Å². The number of likely N-dealkylation sites (tertiary alicyclic amines) is 1. The lowest BCUT2D eigenvalue weighted by Crippen LogP contribution is -2.41. The lowest BCUT2D eigenvalue weighted by Gasteiger charge is -2.25. The number of halogens is 1. The number of carbonyl (C=O) groups excluding carboxylic acids is 1. The number of hydrogen-bond donors (Lipinski definition) is 1. The van der Waals surface area contributed by atoms with Crippen molar-refractivity contribution in [3.63, 3.8) is 0 Å². The maximum Gasteiger partial charge on any atom is 0.313 e. The molecule has 1 heterocycles. The first kappa shape index (κ1) is 18.1. The van der Waals surface area contributed by atoms with Gasteiger partial charge in [-0.25, -0.2) is 0 Å². The normalized spacial score (nSPS) is 22.1. The molecule has 1 aromatic rings. The molecule has 2 rings (SSSR count). The van der Waals surface area contributed by atoms with E-state index in [1.807, 2.05) is 25.1 Å². The van der Waals surface area contributed by atoms with Crippen LogP contribution in [0.3, 0.4) is 0 Å². The smallest absolute Gasteiger partial charge is 0.313 e. The fourth-order valence-corrected chi connectivity index (χ4v) is 3.97. The summed E-state index contributed by atoms with van der Waals surface area (Å²) in [6, 6.07) is 7.36. The molecule has 7 heteroatoms. The number of rotatable bonds is 6. The zero-order valence-electron chi connectivity index (χ0n) is 13.1. The van der Waals surface area contributed by atoms with E-state index in [4.69, 9.17) is 16.3 Å². The largest absolute Gasteiger partial charge is 0.481 e. The van der Waals surface area contributed by atoms with Gasteiger partial charge in [-0.3, -0.25) is 9.59 Å². The molecule has 5 nitrogen and oxygen atoms in total. The molecular weight excluding hydrogens is 338 g/mol. The highest BCUT2D eigenvalue weighted by Gasteiger charge is 2.47. The first-order valence-electron chi connectivity index (χ1n) is 7.32. The van der Waals surface area contributed by atoms with E-state index >= 15 is 0 Å². The maximum absolute atomic E-state index is 12.6. The van der Waals surface area contributed by atoms with Gasteiger partial charge in [-0.1, -0.05) is 23.7 Å². The van der Waals surface area contributed by atoms with Crippen LogP contribution in [0.2, 0.25) is 5.02 Å². The van der Waals surface area contributed by atoms with Gasteiger partial charge in [0.05, 0.1) is 16.9 Å². The standard InChI is InChI=1S/C16H20ClNO4S/c1-11(23-13-6-4-3-5-12(13)17)14(19)18-8-7-16(9-18,10-22-2)15(20)21/h3-6,11H,7-10H2,1-2H3,(H,20,21). The Morgan fingerprint density at radius 1 is 1.48 bits per heavy atom. The molecule has 1 fully saturated rings. The molecular formula is C16H20ClNO4S. The van der Waals surface area contributed by atoms with Crippen LogP contribution >= 0.6 is 23.4 Å². The Kier molecular flexibility index (Phi) is 5.95. The van der Waals surface area contributed by atoms with Crippen LogP contribution in [0, 0.1) is 5.41 Å². The monoisotopic (exact) mass is 357 g/mol. The van der Waals surface area contributed by atoms with Crippen LogP contribution in [0.5, 0.6) is 0 Å². The first-order chi connectivity index (χ1) is 10.9. The summed E-state index contributed by atoms with van der Waals surface area (Å²) in [4.78, 5) is 26.6. The number of ether oxygens (including phenoxy) is 1. The molecule has 0 radical (unpaired) electrons. The van der Waals surface area contributed by atoms with Gasteiger partial charge in [-0.15, -0.1) is 11.8 Å². The lowest BCUT2D eigenvalue weighted by atomic mass is 9.88. The number of amides is 1. The number of hydrogen-bond acceptors (Lipinski definition) is 4. The molecule has 1 amide bonds. The van der Waals surface area contributed by atoms with Crippen LogP contribution in [0.1, 0.15) is 13.3 Å². The number of nitrogens with zero attached hydrogens (tertiary/aromatic N) is 1. The molecule has 0 aliphatic carbocycles. The van der Waals surface area contributed by atoms with Crippen molar-refractivity contribution in [3.8, 4) is 0 Å². The van der Waals surface area contributed by atoms with Gasteiger partial charge in [0.25, 0.3) is 0 Å². The Bertz CT molecular complexity index is 597. The fraction of sp³-hybridized carbons (Fsp3) is 0.500. The third-order valence-corrected chi connectivity index (χ3v) is 5.63. The Hall–Kier alpha value is -1.24. The Morgan fingerprint density at radius 2 is 2.17 bits per heavy atom. The van der Waals surface area contributed by atoms with Crippen molar-refractivity contribution in [2.75, 3.05) is 26.8 Å². The third kappa shape index (κ3) is 4.00. The highest BCUT2D eigenvalue weighted by atomic mass is 35.5. The minimum absolute atomic E-state index is 0.0749. The first-order valence-corrected chi connectivity index (χ1v) is 8.58. The van der Waals surface area contributed by atoms with Gasteiger partial charge in [0.15, 0.2) is 0 Å². The quantitative estimate of drug-likeness (QED) is 0.793. The molecule has 1 aliphatic rings. The summed E-state index contributed by atoms with van der Waals surface area (Å²) in [6.45, 7) is 2.54. The summed E-state index contributed by atoms with van der Waals surface area (Å²) < 4.78 is 5.05. The second-order valence-corrected chi connectivity index (χ2v) is 7.51. The van der Waals surface area contributed by atoms with Crippen LogP contribution in [0.25, 0.3) is 0 Å². The van der Waals surface area contributed by atoms with E-state index in [0.29, 0.717) is 18.0 Å². The summed E-state index contributed by atoms with van der Waals surface area (Å²) >= 11 is 7.51. The number of carboxylic acids is 1. The summed E-state index contributed by atoms with van der Waals surface area (Å²) in [5.41, 5.74) is -1.00. The molecule has 1 N–H and O–H groups in total. The van der Waals surface area contributed by atoms with E-state index < -0.39 is 11.4 Å². The van der Waals surface area contributed by atoms with E-state index in [9.17, 15) is 14.7 Å². The number of methoxy groups -OCH3 is 1. The topological polar surface area (TPSA) is 66.8 Å². The van der Waals surface area contributed by atoms with Crippen molar-refractivity contribution in [2.45, 2.75) is 23.5 Å². The molecule has 0 saturated carbocycles. The van der Waals surface area contributed by atoms with Gasteiger partial charge < -0.3 is 14.7 Å². The van der Waals surface area contributed by atoms with Crippen LogP contribution < -0.4 is 0 Å². The maximum atomic E-state index is 12.6. The van der Waals surface area contributed by atoms with Gasteiger partial charge in [-0.05, 0) is 25.5 Å². The van der Waals surface area contributed by atoms with Gasteiger partial charge in [-0.2, -0.15) is 0 Å². The molecule has 0 spiro atoms. The molecule has 126 valence electrons. The zero-order chi connectivity index (χ0) is 17.0. The van der Waals surface area contributed by atoms with E-state index in [-0.39, 0.29) is 24.3 Å². The van der Waals surface area contributed by atoms with Crippen LogP contribution in [0.15, 0.2) is 29.2 Å². The zero-order valence-corrected chi connectivity index (χ0v) is 14.7. The molecule has 2 unspecified atom stereocenters. The number of carboxylic acid groups (broad SMARTS) is 1. The van der Waals surface area contributed by atoms with Crippen molar-refractivity contribution in [1.82, 2.24) is 4.90 Å². The average molecular weight is 358 g/mol. The highest BCUT2D eigenvalue weighted by molar-refractivity contribution is 8.00. The summed E-state index contributed by atoms with van der Waals surface area (Å²) in [7, 11) is 1.48. The SMILES string of the molecule is COCC1(C(=O)O)CCN(C(=O)C(C)Sc2ccccc2Cl)C1. The van der Waals surface area contributed by atoms with Crippen molar-refractivity contribution in [3.05, 3.63) is 29.3 Å². The summed E-state index contributed by atoms with van der Waals surface area (Å²) in [5.74, 6) is -0.991. The number of benzene rings is 1. The van der Waals surface area contributed by atoms with Gasteiger partial charge in [0.2, 0.25) is 5.91 Å². The van der Waals surface area contributed by atoms with E-state index in [0.717, 1.165) is 4.90 Å². The molecule has 0 aromatic heterocycles. The average Bonchev–Trinajstić information content (AvgIpc) is 2.95. The Morgan fingerprint density at radius 3 is 2.78 bits per heavy atom. The second kappa shape index (κ2) is 7.55. The van der Waals surface area contributed by atoms with Crippen LogP contribution in [0.4, 0.5) is 0 Å². The van der Waals surface area contributed by atoms with Crippen molar-refractivity contribution in [2.24, 2.45) is 5.41 Å². The third-order valence-electron chi connectivity index (χ3n) is 4.03. The Labute approximate surface area is 144 Å². The predicted molar refractivity (Wildman–Crippen MR) is 89.9 cm³/mol. The van der Waals surface area contributed by atoms with Gasteiger partial charge in [0, 0.05) is 25.1 Å². The minimum atomic E-state index is -1.00. The molecule has 23 heavy (non-hydrogen) atoms. The second-order valence-electron chi connectivity index (χ2n) is 5.72. The molecule has 2 atom stereocenters. The number of aliphatic carboxylic acids is 1. The van der Waals surface area contributed by atoms with E-state index in [1.165, 1.54) is 18.9 Å². The van der Waals surface area contributed by atoms with Gasteiger partial charge in [0.1, 0.15) is 5.41 Å². The molecule has 0 bridgehead atoms. The van der Waals surface area contributed by atoms with Crippen molar-refractivity contribution >= 4 is 35.2 Å². The van der Waals surface area contributed by atoms with Crippen LogP contribution in [-0.2, 0) is 14.3 Å². The summed E-state index contributed by atoms with van der Waals surface area (Å²) in [5, 5.41) is 9.74. The fourth-order valence-electron chi connectivity index (χ4n) is 2.73. The lowest BCUT2D eigenvalue weighted by molar-refractivity contribution is -0.151. The predicted octanol–water partition coefficient (Wildman–Crippen LogP) is 2.77. The molecule has 1 aromatic carbocycles. The van der Waals surface area contributed by atoms with Crippen LogP contribution in [-0.4, -0.2) is 53.9 Å². The molecule has 1 saturated heterocycles. The molecule has 1 aliphatic heterocycles. The minimum Gasteiger partial charge on any atom is -0.481 e.